The van der Waals surface area contributed by atoms with Crippen LogP contribution in [0.5, 0.6) is 0 Å². The van der Waals surface area contributed by atoms with E-state index in [1.165, 1.54) is 65.9 Å². The summed E-state index contributed by atoms with van der Waals surface area (Å²) < 4.78 is 0. The number of H-pyrrole nitrogens is 4. The number of para-hydroxylation sites is 4. The summed E-state index contributed by atoms with van der Waals surface area (Å²) >= 11 is 0. The highest BCUT2D eigenvalue weighted by molar-refractivity contribution is 5.91. The number of fused-ring (bicyclic) bond motifs is 4. The van der Waals surface area contributed by atoms with Gasteiger partial charge in [0.2, 0.25) is 0 Å². The van der Waals surface area contributed by atoms with Crippen molar-refractivity contribution >= 4 is 43.6 Å². The summed E-state index contributed by atoms with van der Waals surface area (Å²) in [6.45, 7) is 0. The molecule has 1 fully saturated rings. The van der Waals surface area contributed by atoms with Gasteiger partial charge in [0.05, 0.1) is 0 Å². The number of rotatable bonds is 4. The predicted octanol–water partition coefficient (Wildman–Crippen LogP) is 9.46. The highest BCUT2D eigenvalue weighted by Crippen LogP contribution is 2.57. The molecule has 0 aliphatic heterocycles. The highest BCUT2D eigenvalue weighted by Gasteiger charge is 2.49. The normalized spacial score (nSPS) is 16.6. The van der Waals surface area contributed by atoms with E-state index >= 15 is 0 Å². The fraction of sp³-hybridized carbons (Fsp3) is 0.158. The molecule has 4 heteroatoms. The third-order valence-corrected chi connectivity index (χ3v) is 10.4. The van der Waals surface area contributed by atoms with Crippen LogP contribution in [0.15, 0.2) is 122 Å². The Morgan fingerprint density at radius 3 is 0.833 bits per heavy atom. The van der Waals surface area contributed by atoms with Crippen LogP contribution in [-0.2, 0) is 10.8 Å². The number of hydrogen-bond acceptors (Lipinski definition) is 0. The molecular formula is C38H32N4. The van der Waals surface area contributed by atoms with Crippen LogP contribution in [0.4, 0.5) is 0 Å². The molecule has 0 radical (unpaired) electrons. The van der Waals surface area contributed by atoms with Crippen LogP contribution < -0.4 is 0 Å². The van der Waals surface area contributed by atoms with Gasteiger partial charge in [-0.3, -0.25) is 0 Å². The lowest BCUT2D eigenvalue weighted by Crippen LogP contribution is -2.41. The van der Waals surface area contributed by atoms with Crippen molar-refractivity contribution in [2.75, 3.05) is 0 Å². The van der Waals surface area contributed by atoms with Crippen molar-refractivity contribution in [3.05, 3.63) is 144 Å². The van der Waals surface area contributed by atoms with Gasteiger partial charge in [0.15, 0.2) is 0 Å². The summed E-state index contributed by atoms with van der Waals surface area (Å²) in [7, 11) is 0. The number of benzene rings is 4. The van der Waals surface area contributed by atoms with Gasteiger partial charge >= 0.3 is 0 Å². The molecule has 1 saturated carbocycles. The van der Waals surface area contributed by atoms with Crippen LogP contribution in [0, 0.1) is 0 Å². The Morgan fingerprint density at radius 1 is 0.333 bits per heavy atom. The molecule has 1 aliphatic rings. The Morgan fingerprint density at radius 2 is 0.571 bits per heavy atom. The molecule has 0 atom stereocenters. The number of nitrogens with one attached hydrogen (secondary N) is 4. The average Bonchev–Trinajstić information content (AvgIpc) is 3.85. The first-order chi connectivity index (χ1) is 20.8. The summed E-state index contributed by atoms with van der Waals surface area (Å²) in [4.78, 5) is 14.5. The van der Waals surface area contributed by atoms with E-state index in [9.17, 15) is 0 Å². The summed E-state index contributed by atoms with van der Waals surface area (Å²) in [5.74, 6) is 0. The molecule has 0 spiro atoms. The van der Waals surface area contributed by atoms with Gasteiger partial charge in [0.1, 0.15) is 0 Å². The van der Waals surface area contributed by atoms with E-state index in [2.05, 4.69) is 142 Å². The van der Waals surface area contributed by atoms with Crippen LogP contribution in [0.2, 0.25) is 0 Å². The quantitative estimate of drug-likeness (QED) is 0.171. The molecule has 0 amide bonds. The lowest BCUT2D eigenvalue weighted by molar-refractivity contribution is 0.262. The molecule has 0 unspecified atom stereocenters. The van der Waals surface area contributed by atoms with Crippen molar-refractivity contribution in [2.45, 2.75) is 36.5 Å². The standard InChI is InChI=1S/C38H32N4/c1-5-13-33-25(9-1)29(21-39-33)37(30-22-40-34-14-6-2-10-26(30)34)17-19-38(20-18-37,31-23-41-35-15-7-3-11-27(31)35)32-24-42-36-16-8-4-12-28(32)36/h1-16,21-24,39-42H,17-20H2. The van der Waals surface area contributed by atoms with Crippen molar-refractivity contribution in [1.29, 1.82) is 0 Å². The number of aromatic amines is 4. The molecule has 0 bridgehead atoms. The maximum Gasteiger partial charge on any atom is 0.0457 e. The van der Waals surface area contributed by atoms with Crippen molar-refractivity contribution in [2.24, 2.45) is 0 Å². The zero-order chi connectivity index (χ0) is 27.7. The minimum atomic E-state index is -0.124. The molecule has 4 heterocycles. The second kappa shape index (κ2) is 8.77. The fourth-order valence-electron chi connectivity index (χ4n) is 8.34. The van der Waals surface area contributed by atoms with Gasteiger partial charge in [-0.1, -0.05) is 72.8 Å². The summed E-state index contributed by atoms with van der Waals surface area (Å²) in [5, 5.41) is 5.31. The Labute approximate surface area is 243 Å². The zero-order valence-corrected chi connectivity index (χ0v) is 23.4. The predicted molar refractivity (Wildman–Crippen MR) is 173 cm³/mol. The van der Waals surface area contributed by atoms with E-state index in [4.69, 9.17) is 0 Å². The zero-order valence-electron chi connectivity index (χ0n) is 23.4. The van der Waals surface area contributed by atoms with Crippen molar-refractivity contribution in [1.82, 2.24) is 19.9 Å². The van der Waals surface area contributed by atoms with Crippen molar-refractivity contribution < 1.29 is 0 Å². The number of aromatic nitrogens is 4. The first-order valence-corrected chi connectivity index (χ1v) is 15.0. The Balaban J connectivity index is 1.28. The maximum absolute atomic E-state index is 3.62. The molecule has 0 saturated heterocycles. The summed E-state index contributed by atoms with van der Waals surface area (Å²) in [6.07, 6.45) is 13.3. The molecule has 4 aromatic carbocycles. The molecule has 204 valence electrons. The van der Waals surface area contributed by atoms with E-state index in [1.54, 1.807) is 0 Å². The molecule has 42 heavy (non-hydrogen) atoms. The first kappa shape index (κ1) is 23.7. The Hall–Kier alpha value is -4.96. The topological polar surface area (TPSA) is 63.2 Å². The molecule has 4 N–H and O–H groups in total. The van der Waals surface area contributed by atoms with Gasteiger partial charge in [0.25, 0.3) is 0 Å². The van der Waals surface area contributed by atoms with Crippen LogP contribution >= 0.6 is 0 Å². The van der Waals surface area contributed by atoms with E-state index in [0.717, 1.165) is 25.7 Å². The second-order valence-electron chi connectivity index (χ2n) is 12.2. The fourth-order valence-corrected chi connectivity index (χ4v) is 8.34. The third kappa shape index (κ3) is 3.18. The SMILES string of the molecule is c1ccc2c(C3(c4c[nH]c5ccccc45)CCC(c4c[nH]c5ccccc45)(c4c[nH]c5ccccc45)CC3)c[nH]c2c1. The van der Waals surface area contributed by atoms with Gasteiger partial charge < -0.3 is 19.9 Å². The minimum absolute atomic E-state index is 0.124. The highest BCUT2D eigenvalue weighted by atomic mass is 14.7. The first-order valence-electron chi connectivity index (χ1n) is 15.0. The van der Waals surface area contributed by atoms with Gasteiger partial charge in [-0.25, -0.2) is 0 Å². The van der Waals surface area contributed by atoms with E-state index in [1.807, 2.05) is 0 Å². The minimum Gasteiger partial charge on any atom is -0.361 e. The number of hydrogen-bond donors (Lipinski definition) is 4. The van der Waals surface area contributed by atoms with E-state index < -0.39 is 0 Å². The van der Waals surface area contributed by atoms with E-state index in [-0.39, 0.29) is 10.8 Å². The lowest BCUT2D eigenvalue weighted by atomic mass is 9.55. The van der Waals surface area contributed by atoms with Crippen LogP contribution in [0.3, 0.4) is 0 Å². The Bertz CT molecular complexity index is 1920. The summed E-state index contributed by atoms with van der Waals surface area (Å²) in [5.41, 5.74) is 10.2. The largest absolute Gasteiger partial charge is 0.361 e. The van der Waals surface area contributed by atoms with Gasteiger partial charge in [-0.15, -0.1) is 0 Å². The second-order valence-corrected chi connectivity index (χ2v) is 12.2. The van der Waals surface area contributed by atoms with Gasteiger partial charge in [-0.2, -0.15) is 0 Å². The summed E-state index contributed by atoms with van der Waals surface area (Å²) in [6, 6.07) is 35.2. The molecule has 4 nitrogen and oxygen atoms in total. The monoisotopic (exact) mass is 544 g/mol. The van der Waals surface area contributed by atoms with Crippen molar-refractivity contribution in [3.63, 3.8) is 0 Å². The molecular weight excluding hydrogens is 512 g/mol. The molecule has 4 aromatic heterocycles. The van der Waals surface area contributed by atoms with Crippen molar-refractivity contribution in [3.8, 4) is 0 Å². The third-order valence-electron chi connectivity index (χ3n) is 10.4. The van der Waals surface area contributed by atoms with Gasteiger partial charge in [0, 0.05) is 79.2 Å². The van der Waals surface area contributed by atoms with Crippen LogP contribution in [-0.4, -0.2) is 19.9 Å². The maximum atomic E-state index is 3.62. The average molecular weight is 545 g/mol. The smallest absolute Gasteiger partial charge is 0.0457 e. The van der Waals surface area contributed by atoms with E-state index in [0.29, 0.717) is 0 Å². The lowest BCUT2D eigenvalue weighted by Gasteiger charge is -2.47. The Kier molecular flexibility index (Phi) is 4.95. The molecule has 9 rings (SSSR count). The van der Waals surface area contributed by atoms with Crippen LogP contribution in [0.25, 0.3) is 43.6 Å². The molecule has 8 aromatic rings. The van der Waals surface area contributed by atoms with Crippen LogP contribution in [0.1, 0.15) is 47.9 Å². The molecule has 1 aliphatic carbocycles. The van der Waals surface area contributed by atoms with Gasteiger partial charge in [-0.05, 0) is 72.2 Å².